The van der Waals surface area contributed by atoms with E-state index in [1.54, 1.807) is 43.4 Å². The minimum atomic E-state index is -0.0354. The van der Waals surface area contributed by atoms with Crippen LogP contribution in [0.5, 0.6) is 11.5 Å². The number of carbonyl (C=O) groups excluding carboxylic acids is 1. The smallest absolute Gasteiger partial charge is 0.258 e. The lowest BCUT2D eigenvalue weighted by Gasteiger charge is -2.23. The van der Waals surface area contributed by atoms with Crippen LogP contribution in [0.1, 0.15) is 15.9 Å². The maximum atomic E-state index is 13.1. The second kappa shape index (κ2) is 8.90. The highest BCUT2D eigenvalue weighted by Crippen LogP contribution is 2.20. The summed E-state index contributed by atoms with van der Waals surface area (Å²) in [6.07, 6.45) is 0.730. The molecule has 0 fully saturated rings. The van der Waals surface area contributed by atoms with E-state index < -0.39 is 0 Å². The molecular weight excluding hydrogens is 338 g/mol. The van der Waals surface area contributed by atoms with Gasteiger partial charge in [0.25, 0.3) is 5.91 Å². The first-order chi connectivity index (χ1) is 13.2. The summed E-state index contributed by atoms with van der Waals surface area (Å²) in [5.41, 5.74) is 2.63. The average molecular weight is 361 g/mol. The molecule has 27 heavy (non-hydrogen) atoms. The minimum Gasteiger partial charge on any atom is -0.497 e. The van der Waals surface area contributed by atoms with Crippen LogP contribution in [0.2, 0.25) is 0 Å². The van der Waals surface area contributed by atoms with Gasteiger partial charge in [-0.15, -0.1) is 0 Å². The van der Waals surface area contributed by atoms with Crippen molar-refractivity contribution in [3.05, 3.63) is 90.0 Å². The number of para-hydroxylation sites is 1. The van der Waals surface area contributed by atoms with Crippen molar-refractivity contribution in [3.8, 4) is 11.5 Å². The van der Waals surface area contributed by atoms with Crippen molar-refractivity contribution in [1.82, 2.24) is 0 Å². The lowest BCUT2D eigenvalue weighted by molar-refractivity contribution is 0.0987. The molecule has 0 unspecified atom stereocenters. The van der Waals surface area contributed by atoms with Gasteiger partial charge in [-0.1, -0.05) is 30.3 Å². The average Bonchev–Trinajstić information content (AvgIpc) is 2.74. The van der Waals surface area contributed by atoms with Gasteiger partial charge in [0.05, 0.1) is 14.2 Å². The Kier molecular flexibility index (Phi) is 6.10. The SMILES string of the molecule is COc1ccc(C(=O)N(CCc2cccc(OC)c2)c2ccccc2)cc1. The number of rotatable bonds is 7. The molecule has 1 amide bonds. The van der Waals surface area contributed by atoms with Crippen molar-refractivity contribution in [2.75, 3.05) is 25.7 Å². The van der Waals surface area contributed by atoms with E-state index in [-0.39, 0.29) is 5.91 Å². The van der Waals surface area contributed by atoms with E-state index in [0.717, 1.165) is 29.2 Å². The Balaban J connectivity index is 1.83. The summed E-state index contributed by atoms with van der Waals surface area (Å²) < 4.78 is 10.5. The largest absolute Gasteiger partial charge is 0.497 e. The number of ether oxygens (including phenoxy) is 2. The molecule has 0 saturated heterocycles. The summed E-state index contributed by atoms with van der Waals surface area (Å²) in [5, 5.41) is 0. The van der Waals surface area contributed by atoms with Crippen LogP contribution in [-0.4, -0.2) is 26.7 Å². The third kappa shape index (κ3) is 4.67. The van der Waals surface area contributed by atoms with Gasteiger partial charge >= 0.3 is 0 Å². The normalized spacial score (nSPS) is 10.3. The van der Waals surface area contributed by atoms with Crippen LogP contribution in [-0.2, 0) is 6.42 Å². The zero-order valence-corrected chi connectivity index (χ0v) is 15.6. The monoisotopic (exact) mass is 361 g/mol. The molecule has 0 aromatic heterocycles. The van der Waals surface area contributed by atoms with Gasteiger partial charge in [0.1, 0.15) is 11.5 Å². The quantitative estimate of drug-likeness (QED) is 0.618. The van der Waals surface area contributed by atoms with Gasteiger partial charge < -0.3 is 14.4 Å². The molecule has 0 aliphatic rings. The maximum Gasteiger partial charge on any atom is 0.258 e. The summed E-state index contributed by atoms with van der Waals surface area (Å²) in [4.78, 5) is 15.0. The second-order valence-electron chi connectivity index (χ2n) is 6.12. The van der Waals surface area contributed by atoms with Crippen LogP contribution in [0.4, 0.5) is 5.69 Å². The van der Waals surface area contributed by atoms with E-state index in [2.05, 4.69) is 0 Å². The van der Waals surface area contributed by atoms with Gasteiger partial charge in [-0.3, -0.25) is 4.79 Å². The second-order valence-corrected chi connectivity index (χ2v) is 6.12. The number of benzene rings is 3. The van der Waals surface area contributed by atoms with Gasteiger partial charge in [0, 0.05) is 17.8 Å². The fourth-order valence-corrected chi connectivity index (χ4v) is 2.91. The number of amides is 1. The van der Waals surface area contributed by atoms with Crippen molar-refractivity contribution >= 4 is 11.6 Å². The zero-order valence-electron chi connectivity index (χ0n) is 15.6. The lowest BCUT2D eigenvalue weighted by Crippen LogP contribution is -2.32. The molecule has 0 atom stereocenters. The number of nitrogens with zero attached hydrogens (tertiary/aromatic N) is 1. The summed E-state index contributed by atoms with van der Waals surface area (Å²) in [6, 6.07) is 24.9. The zero-order chi connectivity index (χ0) is 19.1. The topological polar surface area (TPSA) is 38.8 Å². The Hall–Kier alpha value is -3.27. The summed E-state index contributed by atoms with van der Waals surface area (Å²) >= 11 is 0. The molecule has 0 heterocycles. The predicted octanol–water partition coefficient (Wildman–Crippen LogP) is 4.59. The molecule has 4 nitrogen and oxygen atoms in total. The minimum absolute atomic E-state index is 0.0354. The fourth-order valence-electron chi connectivity index (χ4n) is 2.91. The fraction of sp³-hybridized carbons (Fsp3) is 0.174. The Morgan fingerprint density at radius 3 is 2.19 bits per heavy atom. The molecule has 3 aromatic rings. The summed E-state index contributed by atoms with van der Waals surface area (Å²) in [5.74, 6) is 1.51. The van der Waals surface area contributed by atoms with Crippen molar-refractivity contribution in [2.45, 2.75) is 6.42 Å². The number of anilines is 1. The summed E-state index contributed by atoms with van der Waals surface area (Å²) in [7, 11) is 3.27. The van der Waals surface area contributed by atoms with Gasteiger partial charge in [0.2, 0.25) is 0 Å². The van der Waals surface area contributed by atoms with Crippen molar-refractivity contribution in [2.24, 2.45) is 0 Å². The van der Waals surface area contributed by atoms with Crippen LogP contribution in [0, 0.1) is 0 Å². The Morgan fingerprint density at radius 1 is 0.815 bits per heavy atom. The third-order valence-corrected chi connectivity index (χ3v) is 4.41. The Bertz CT molecular complexity index is 876. The lowest BCUT2D eigenvalue weighted by atomic mass is 10.1. The maximum absolute atomic E-state index is 13.1. The van der Waals surface area contributed by atoms with Gasteiger partial charge in [0.15, 0.2) is 0 Å². The first-order valence-corrected chi connectivity index (χ1v) is 8.85. The molecule has 138 valence electrons. The number of methoxy groups -OCH3 is 2. The van der Waals surface area contributed by atoms with E-state index in [1.165, 1.54) is 0 Å². The van der Waals surface area contributed by atoms with Gasteiger partial charge in [-0.2, -0.15) is 0 Å². The molecule has 0 aliphatic heterocycles. The van der Waals surface area contributed by atoms with Crippen molar-refractivity contribution < 1.29 is 14.3 Å². The predicted molar refractivity (Wildman–Crippen MR) is 108 cm³/mol. The molecular formula is C23H23NO3. The van der Waals surface area contributed by atoms with Crippen LogP contribution >= 0.6 is 0 Å². The molecule has 0 saturated carbocycles. The van der Waals surface area contributed by atoms with E-state index >= 15 is 0 Å². The van der Waals surface area contributed by atoms with E-state index in [0.29, 0.717) is 12.1 Å². The first kappa shape index (κ1) is 18.5. The molecule has 3 rings (SSSR count). The highest BCUT2D eigenvalue weighted by Gasteiger charge is 2.17. The van der Waals surface area contributed by atoms with Crippen molar-refractivity contribution in [1.29, 1.82) is 0 Å². The highest BCUT2D eigenvalue weighted by atomic mass is 16.5. The highest BCUT2D eigenvalue weighted by molar-refractivity contribution is 6.06. The summed E-state index contributed by atoms with van der Waals surface area (Å²) in [6.45, 7) is 0.571. The molecule has 0 aliphatic carbocycles. The molecule has 0 spiro atoms. The van der Waals surface area contributed by atoms with Gasteiger partial charge in [-0.25, -0.2) is 0 Å². The molecule has 4 heteroatoms. The number of hydrogen-bond acceptors (Lipinski definition) is 3. The molecule has 0 radical (unpaired) electrons. The third-order valence-electron chi connectivity index (χ3n) is 4.41. The number of carbonyl (C=O) groups is 1. The van der Waals surface area contributed by atoms with E-state index in [9.17, 15) is 4.79 Å². The Morgan fingerprint density at radius 2 is 1.52 bits per heavy atom. The van der Waals surface area contributed by atoms with Crippen LogP contribution < -0.4 is 14.4 Å². The van der Waals surface area contributed by atoms with Crippen molar-refractivity contribution in [3.63, 3.8) is 0 Å². The van der Waals surface area contributed by atoms with Crippen LogP contribution in [0.25, 0.3) is 0 Å². The van der Waals surface area contributed by atoms with Crippen LogP contribution in [0.15, 0.2) is 78.9 Å². The molecule has 0 N–H and O–H groups in total. The standard InChI is InChI=1S/C23H23NO3/c1-26-21-13-11-19(12-14-21)23(25)24(20-8-4-3-5-9-20)16-15-18-7-6-10-22(17-18)27-2/h3-14,17H,15-16H2,1-2H3. The molecule has 0 bridgehead atoms. The first-order valence-electron chi connectivity index (χ1n) is 8.85. The van der Waals surface area contributed by atoms with E-state index in [1.807, 2.05) is 54.6 Å². The van der Waals surface area contributed by atoms with Gasteiger partial charge in [-0.05, 0) is 60.5 Å². The Labute approximate surface area is 160 Å². The van der Waals surface area contributed by atoms with E-state index in [4.69, 9.17) is 9.47 Å². The molecule has 3 aromatic carbocycles. The number of hydrogen-bond donors (Lipinski definition) is 0. The van der Waals surface area contributed by atoms with Crippen LogP contribution in [0.3, 0.4) is 0 Å².